The Bertz CT molecular complexity index is 1540. The molecule has 4 rings (SSSR count). The van der Waals surface area contributed by atoms with E-state index >= 15 is 4.39 Å². The molecule has 0 amide bonds. The van der Waals surface area contributed by atoms with Crippen molar-refractivity contribution in [2.24, 2.45) is 0 Å². The van der Waals surface area contributed by atoms with E-state index in [0.29, 0.717) is 19.4 Å². The van der Waals surface area contributed by atoms with E-state index in [1.54, 1.807) is 0 Å². The Hall–Kier alpha value is -3.50. The third-order valence-electron chi connectivity index (χ3n) is 6.19. The Morgan fingerprint density at radius 1 is 1.15 bits per heavy atom. The molecule has 39 heavy (non-hydrogen) atoms. The van der Waals surface area contributed by atoms with Crippen LogP contribution in [0.2, 0.25) is 5.02 Å². The number of aromatic nitrogens is 2. The van der Waals surface area contributed by atoms with E-state index in [4.69, 9.17) is 16.3 Å². The number of halogens is 3. The number of benzene rings is 2. The average Bonchev–Trinajstić information content (AvgIpc) is 3.35. The number of nitrogens with zero attached hydrogens (tertiary/aromatic N) is 2. The third-order valence-corrected chi connectivity index (χ3v) is 7.78. The van der Waals surface area contributed by atoms with Crippen LogP contribution < -0.4 is 14.8 Å². The fraction of sp³-hybridized carbons (Fsp3) is 0.308. The van der Waals surface area contributed by atoms with Gasteiger partial charge in [-0.05, 0) is 37.1 Å². The smallest absolute Gasteiger partial charge is 0.265 e. The number of sulfonamides is 1. The van der Waals surface area contributed by atoms with Crippen LogP contribution in [0.5, 0.6) is 5.75 Å². The Balaban J connectivity index is 1.56. The maximum atomic E-state index is 15.2. The summed E-state index contributed by atoms with van der Waals surface area (Å²) in [5.74, 6) is 2.78. The molecule has 0 saturated heterocycles. The first kappa shape index (κ1) is 28.5. The van der Waals surface area contributed by atoms with E-state index in [0.717, 1.165) is 31.0 Å². The standard InChI is InChI=1S/C26H25ClF2N4O5S/c1-38-24-17(14-34)10-18(27)11-22(24)39(36,37)33-21-7-6-20(28)19(23(21)29)5-4-16-12-30-25(31-13-16)32-15-26(35)8-2-3-9-26/h6-7,10-13,33-35H,2-3,8-9,14-15H2,1H3,(H,30,31,32). The molecule has 13 heteroatoms. The van der Waals surface area contributed by atoms with Gasteiger partial charge in [0.05, 0.1) is 36.1 Å². The summed E-state index contributed by atoms with van der Waals surface area (Å²) in [5, 5.41) is 22.9. The van der Waals surface area contributed by atoms with Gasteiger partial charge >= 0.3 is 0 Å². The largest absolute Gasteiger partial charge is 0.495 e. The Morgan fingerprint density at radius 3 is 2.49 bits per heavy atom. The van der Waals surface area contributed by atoms with Crippen molar-refractivity contribution in [1.82, 2.24) is 9.97 Å². The van der Waals surface area contributed by atoms with Crippen molar-refractivity contribution in [2.75, 3.05) is 23.7 Å². The monoisotopic (exact) mass is 578 g/mol. The highest BCUT2D eigenvalue weighted by Gasteiger charge is 2.31. The van der Waals surface area contributed by atoms with E-state index in [1.807, 2.05) is 0 Å². The Morgan fingerprint density at radius 2 is 1.85 bits per heavy atom. The van der Waals surface area contributed by atoms with Crippen molar-refractivity contribution in [2.45, 2.75) is 42.8 Å². The number of hydrogen-bond acceptors (Lipinski definition) is 8. The summed E-state index contributed by atoms with van der Waals surface area (Å²) < 4.78 is 62.9. The molecule has 0 spiro atoms. The lowest BCUT2D eigenvalue weighted by molar-refractivity contribution is 0.0613. The number of methoxy groups -OCH3 is 1. The number of aliphatic hydroxyl groups is 2. The lowest BCUT2D eigenvalue weighted by Crippen LogP contribution is -2.33. The van der Waals surface area contributed by atoms with Crippen molar-refractivity contribution in [3.8, 4) is 17.6 Å². The predicted molar refractivity (Wildman–Crippen MR) is 141 cm³/mol. The maximum absolute atomic E-state index is 15.2. The molecule has 9 nitrogen and oxygen atoms in total. The highest BCUT2D eigenvalue weighted by Crippen LogP contribution is 2.34. The SMILES string of the molecule is COc1c(CO)cc(Cl)cc1S(=O)(=O)Nc1ccc(F)c(C#Cc2cnc(NCC3(O)CCCC3)nc2)c1F. The molecule has 206 valence electrons. The van der Waals surface area contributed by atoms with Gasteiger partial charge in [-0.2, -0.15) is 0 Å². The summed E-state index contributed by atoms with van der Waals surface area (Å²) in [6.07, 6.45) is 6.03. The molecule has 0 unspecified atom stereocenters. The van der Waals surface area contributed by atoms with Crippen LogP contribution in [0.1, 0.15) is 42.4 Å². The minimum Gasteiger partial charge on any atom is -0.495 e. The normalized spacial score (nSPS) is 14.4. The van der Waals surface area contributed by atoms with Crippen LogP contribution in [0.4, 0.5) is 20.4 Å². The number of ether oxygens (including phenoxy) is 1. The highest BCUT2D eigenvalue weighted by atomic mass is 35.5. The second kappa shape index (κ2) is 11.7. The van der Waals surface area contributed by atoms with E-state index in [9.17, 15) is 23.0 Å². The summed E-state index contributed by atoms with van der Waals surface area (Å²) in [5.41, 5.74) is -1.66. The molecule has 2 aromatic carbocycles. The lowest BCUT2D eigenvalue weighted by Gasteiger charge is -2.22. The molecule has 1 aliphatic rings. The number of rotatable bonds is 8. The Kier molecular flexibility index (Phi) is 8.56. The van der Waals surface area contributed by atoms with Gasteiger partial charge in [-0.3, -0.25) is 4.72 Å². The first-order chi connectivity index (χ1) is 18.5. The summed E-state index contributed by atoms with van der Waals surface area (Å²) in [7, 11) is -3.27. The molecule has 0 atom stereocenters. The van der Waals surface area contributed by atoms with Crippen LogP contribution in [-0.2, 0) is 16.6 Å². The van der Waals surface area contributed by atoms with Crippen LogP contribution in [0.3, 0.4) is 0 Å². The van der Waals surface area contributed by atoms with Gasteiger partial charge in [0.15, 0.2) is 5.82 Å². The molecular weight excluding hydrogens is 554 g/mol. The van der Waals surface area contributed by atoms with Crippen LogP contribution in [0.15, 0.2) is 41.6 Å². The van der Waals surface area contributed by atoms with Crippen LogP contribution in [0.25, 0.3) is 0 Å². The van der Waals surface area contributed by atoms with E-state index in [1.165, 1.54) is 25.6 Å². The molecule has 4 N–H and O–H groups in total. The lowest BCUT2D eigenvalue weighted by atomic mass is 10.0. The van der Waals surface area contributed by atoms with Gasteiger partial charge in [-0.1, -0.05) is 36.3 Å². The topological polar surface area (TPSA) is 134 Å². The predicted octanol–water partition coefficient (Wildman–Crippen LogP) is 3.83. The van der Waals surface area contributed by atoms with E-state index in [2.05, 4.69) is 31.8 Å². The number of hydrogen-bond donors (Lipinski definition) is 4. The molecule has 1 heterocycles. The van der Waals surface area contributed by atoms with Crippen molar-refractivity contribution >= 4 is 33.3 Å². The van der Waals surface area contributed by atoms with Gasteiger partial charge in [-0.25, -0.2) is 27.2 Å². The van der Waals surface area contributed by atoms with Crippen molar-refractivity contribution in [3.63, 3.8) is 0 Å². The Labute approximate surface area is 229 Å². The van der Waals surface area contributed by atoms with Crippen LogP contribution in [-0.4, -0.2) is 47.9 Å². The molecule has 1 aliphatic carbocycles. The average molecular weight is 579 g/mol. The van der Waals surface area contributed by atoms with Crippen LogP contribution >= 0.6 is 11.6 Å². The van der Waals surface area contributed by atoms with E-state index < -0.39 is 50.0 Å². The molecular formula is C26H25ClF2N4O5S. The first-order valence-electron chi connectivity index (χ1n) is 11.8. The fourth-order valence-corrected chi connectivity index (χ4v) is 5.79. The summed E-state index contributed by atoms with van der Waals surface area (Å²) >= 11 is 5.98. The minimum atomic E-state index is -4.48. The van der Waals surface area contributed by atoms with Crippen molar-refractivity contribution < 1.29 is 32.1 Å². The van der Waals surface area contributed by atoms with Gasteiger partial charge in [0, 0.05) is 29.5 Å². The minimum absolute atomic E-state index is 0.00389. The number of nitrogens with one attached hydrogen (secondary N) is 2. The molecule has 1 fully saturated rings. The third kappa shape index (κ3) is 6.57. The maximum Gasteiger partial charge on any atom is 0.265 e. The molecule has 0 bridgehead atoms. The number of anilines is 2. The van der Waals surface area contributed by atoms with Gasteiger partial charge in [-0.15, -0.1) is 0 Å². The summed E-state index contributed by atoms with van der Waals surface area (Å²) in [4.78, 5) is 7.78. The molecule has 3 aromatic rings. The van der Waals surface area contributed by atoms with E-state index in [-0.39, 0.29) is 27.8 Å². The zero-order chi connectivity index (χ0) is 28.2. The van der Waals surface area contributed by atoms with Gasteiger partial charge in [0.1, 0.15) is 16.5 Å². The summed E-state index contributed by atoms with van der Waals surface area (Å²) in [6.45, 7) is -0.251. The number of aliphatic hydroxyl groups excluding tert-OH is 1. The van der Waals surface area contributed by atoms with Gasteiger partial charge in [0.2, 0.25) is 5.95 Å². The summed E-state index contributed by atoms with van der Waals surface area (Å²) in [6, 6.07) is 4.20. The molecule has 1 saturated carbocycles. The fourth-order valence-electron chi connectivity index (χ4n) is 4.19. The second-order valence-electron chi connectivity index (χ2n) is 8.97. The zero-order valence-corrected chi connectivity index (χ0v) is 22.3. The zero-order valence-electron chi connectivity index (χ0n) is 20.8. The second-order valence-corrected chi connectivity index (χ2v) is 11.1. The molecule has 0 aliphatic heterocycles. The molecule has 0 radical (unpaired) electrons. The molecule has 1 aromatic heterocycles. The van der Waals surface area contributed by atoms with Gasteiger partial charge < -0.3 is 20.3 Å². The first-order valence-corrected chi connectivity index (χ1v) is 13.7. The van der Waals surface area contributed by atoms with Gasteiger partial charge in [0.25, 0.3) is 10.0 Å². The quantitative estimate of drug-likeness (QED) is 0.296. The van der Waals surface area contributed by atoms with Crippen molar-refractivity contribution in [3.05, 3.63) is 70.0 Å². The van der Waals surface area contributed by atoms with Crippen LogP contribution in [0, 0.1) is 23.5 Å². The van der Waals surface area contributed by atoms with Crippen molar-refractivity contribution in [1.29, 1.82) is 0 Å². The highest BCUT2D eigenvalue weighted by molar-refractivity contribution is 7.92.